The van der Waals surface area contributed by atoms with Gasteiger partial charge in [0.1, 0.15) is 5.60 Å². The smallest absolute Gasteiger partial charge is 0.243 e. The molecule has 1 spiro atoms. The maximum atomic E-state index is 13.5. The number of aryl methyl sites for hydroxylation is 1. The Balaban J connectivity index is 1.82. The highest BCUT2D eigenvalue weighted by Crippen LogP contribution is 2.46. The third-order valence-electron chi connectivity index (χ3n) is 5.29. The van der Waals surface area contributed by atoms with Crippen molar-refractivity contribution in [2.24, 2.45) is 0 Å². The molecule has 136 valence electrons. The fourth-order valence-electron chi connectivity index (χ4n) is 4.03. The Hall–Kier alpha value is -1.95. The average molecular weight is 369 g/mol. The molecule has 2 aliphatic heterocycles. The minimum Gasteiger partial charge on any atom is -0.365 e. The first-order chi connectivity index (χ1) is 12.5. The van der Waals surface area contributed by atoms with Crippen LogP contribution in [-0.2, 0) is 14.8 Å². The number of piperidine rings is 1. The van der Waals surface area contributed by atoms with Gasteiger partial charge in [-0.15, -0.1) is 0 Å². The summed E-state index contributed by atoms with van der Waals surface area (Å²) in [4.78, 5) is 0.336. The molecular weight excluding hydrogens is 346 g/mol. The highest BCUT2D eigenvalue weighted by atomic mass is 32.2. The molecule has 4 rings (SSSR count). The lowest BCUT2D eigenvalue weighted by molar-refractivity contribution is -0.0534. The van der Waals surface area contributed by atoms with Gasteiger partial charge in [0, 0.05) is 6.54 Å². The van der Waals surface area contributed by atoms with Crippen LogP contribution in [0.15, 0.2) is 71.6 Å². The van der Waals surface area contributed by atoms with Gasteiger partial charge in [0.05, 0.1) is 17.5 Å². The van der Waals surface area contributed by atoms with E-state index >= 15 is 0 Å². The molecule has 0 aliphatic carbocycles. The van der Waals surface area contributed by atoms with Crippen molar-refractivity contribution in [3.05, 3.63) is 77.9 Å². The van der Waals surface area contributed by atoms with Gasteiger partial charge in [0.15, 0.2) is 0 Å². The molecule has 0 amide bonds. The van der Waals surface area contributed by atoms with Gasteiger partial charge in [0.25, 0.3) is 0 Å². The van der Waals surface area contributed by atoms with E-state index in [1.807, 2.05) is 55.5 Å². The fraction of sp³-hybridized carbons (Fsp3) is 0.333. The summed E-state index contributed by atoms with van der Waals surface area (Å²) in [5, 5.41) is 0. The normalized spacial score (nSPS) is 26.4. The minimum atomic E-state index is -3.62. The first kappa shape index (κ1) is 17.5. The molecule has 2 aromatic carbocycles. The summed E-state index contributed by atoms with van der Waals surface area (Å²) < 4.78 is 34.7. The van der Waals surface area contributed by atoms with E-state index in [0.29, 0.717) is 18.0 Å². The Morgan fingerprint density at radius 1 is 1.08 bits per heavy atom. The largest absolute Gasteiger partial charge is 0.365 e. The summed E-state index contributed by atoms with van der Waals surface area (Å²) in [5.74, 6) is 0. The van der Waals surface area contributed by atoms with Gasteiger partial charge >= 0.3 is 0 Å². The van der Waals surface area contributed by atoms with Crippen LogP contribution in [0.1, 0.15) is 30.0 Å². The molecule has 0 saturated carbocycles. The van der Waals surface area contributed by atoms with Gasteiger partial charge in [-0.05, 0) is 37.5 Å². The first-order valence-corrected chi connectivity index (χ1v) is 10.4. The zero-order valence-electron chi connectivity index (χ0n) is 14.8. The zero-order chi connectivity index (χ0) is 18.2. The van der Waals surface area contributed by atoms with E-state index in [4.69, 9.17) is 4.74 Å². The summed E-state index contributed by atoms with van der Waals surface area (Å²) in [6, 6.07) is 16.5. The highest BCUT2D eigenvalue weighted by molar-refractivity contribution is 7.89. The second kappa shape index (κ2) is 6.65. The topological polar surface area (TPSA) is 46.6 Å². The number of sulfonamides is 1. The van der Waals surface area contributed by atoms with Crippen LogP contribution in [0.4, 0.5) is 0 Å². The zero-order valence-corrected chi connectivity index (χ0v) is 15.7. The number of benzene rings is 2. The molecule has 5 heteroatoms. The van der Waals surface area contributed by atoms with Crippen molar-refractivity contribution in [3.63, 3.8) is 0 Å². The first-order valence-electron chi connectivity index (χ1n) is 8.98. The quantitative estimate of drug-likeness (QED) is 0.772. The fourth-order valence-corrected chi connectivity index (χ4v) is 5.73. The van der Waals surface area contributed by atoms with Crippen LogP contribution in [0.2, 0.25) is 0 Å². The number of rotatable bonds is 3. The predicted molar refractivity (Wildman–Crippen MR) is 101 cm³/mol. The Bertz CT molecular complexity index is 906. The molecule has 26 heavy (non-hydrogen) atoms. The van der Waals surface area contributed by atoms with Gasteiger partial charge in [-0.3, -0.25) is 0 Å². The van der Waals surface area contributed by atoms with Crippen molar-refractivity contribution < 1.29 is 13.2 Å². The number of hydrogen-bond donors (Lipinski definition) is 0. The van der Waals surface area contributed by atoms with E-state index in [2.05, 4.69) is 6.08 Å². The third kappa shape index (κ3) is 2.90. The van der Waals surface area contributed by atoms with Crippen molar-refractivity contribution >= 4 is 10.0 Å². The van der Waals surface area contributed by atoms with Gasteiger partial charge in [-0.2, -0.15) is 4.31 Å². The molecule has 0 radical (unpaired) electrons. The lowest BCUT2D eigenvalue weighted by atomic mass is 9.82. The summed E-state index contributed by atoms with van der Waals surface area (Å²) >= 11 is 0. The minimum absolute atomic E-state index is 0.336. The molecular formula is C21H23NO3S. The molecule has 0 unspecified atom stereocenters. The molecule has 0 aromatic heterocycles. The van der Waals surface area contributed by atoms with Crippen molar-refractivity contribution in [2.75, 3.05) is 13.2 Å². The van der Waals surface area contributed by atoms with Crippen molar-refractivity contribution in [1.82, 2.24) is 4.31 Å². The summed E-state index contributed by atoms with van der Waals surface area (Å²) in [7, 11) is -3.62. The molecule has 0 bridgehead atoms. The van der Waals surface area contributed by atoms with Crippen molar-refractivity contribution in [2.45, 2.75) is 36.3 Å². The Morgan fingerprint density at radius 2 is 1.81 bits per heavy atom. The van der Waals surface area contributed by atoms with Crippen LogP contribution >= 0.6 is 0 Å². The van der Waals surface area contributed by atoms with Crippen LogP contribution < -0.4 is 0 Å². The third-order valence-corrected chi connectivity index (χ3v) is 7.17. The van der Waals surface area contributed by atoms with Gasteiger partial charge in [0.2, 0.25) is 10.0 Å². The number of nitrogens with zero attached hydrogens (tertiary/aromatic N) is 1. The molecule has 2 aromatic rings. The van der Waals surface area contributed by atoms with E-state index in [-0.39, 0.29) is 6.04 Å². The summed E-state index contributed by atoms with van der Waals surface area (Å²) in [6.45, 7) is 2.98. The maximum absolute atomic E-state index is 13.5. The lowest BCUT2D eigenvalue weighted by Crippen LogP contribution is -2.52. The van der Waals surface area contributed by atoms with Crippen LogP contribution in [0.3, 0.4) is 0 Å². The molecule has 2 atom stereocenters. The Kier molecular flexibility index (Phi) is 4.47. The second-order valence-electron chi connectivity index (χ2n) is 7.01. The van der Waals surface area contributed by atoms with Gasteiger partial charge in [-0.1, -0.05) is 60.2 Å². The van der Waals surface area contributed by atoms with Crippen LogP contribution in [0, 0.1) is 6.92 Å². The monoisotopic (exact) mass is 369 g/mol. The number of ether oxygens (including phenoxy) is 1. The van der Waals surface area contributed by atoms with E-state index < -0.39 is 15.6 Å². The summed E-state index contributed by atoms with van der Waals surface area (Å²) in [5.41, 5.74) is 1.42. The van der Waals surface area contributed by atoms with Crippen molar-refractivity contribution in [3.8, 4) is 0 Å². The SMILES string of the molecule is Cc1ccc(S(=O)(=O)N2CCC[C@@]3(C=CCO3)[C@@H]2c2ccccc2)cc1. The van der Waals surface area contributed by atoms with E-state index in [9.17, 15) is 8.42 Å². The van der Waals surface area contributed by atoms with E-state index in [1.165, 1.54) is 0 Å². The molecule has 0 N–H and O–H groups in total. The average Bonchev–Trinajstić information content (AvgIpc) is 3.11. The van der Waals surface area contributed by atoms with E-state index in [1.54, 1.807) is 16.4 Å². The Morgan fingerprint density at radius 3 is 2.46 bits per heavy atom. The summed E-state index contributed by atoms with van der Waals surface area (Å²) in [6.07, 6.45) is 5.65. The van der Waals surface area contributed by atoms with Crippen LogP contribution in [0.25, 0.3) is 0 Å². The molecule has 2 aliphatic rings. The molecule has 4 nitrogen and oxygen atoms in total. The maximum Gasteiger partial charge on any atom is 0.243 e. The van der Waals surface area contributed by atoms with E-state index in [0.717, 1.165) is 24.0 Å². The Labute approximate surface area is 155 Å². The molecule has 2 heterocycles. The molecule has 1 fully saturated rings. The van der Waals surface area contributed by atoms with Crippen LogP contribution in [0.5, 0.6) is 0 Å². The van der Waals surface area contributed by atoms with Crippen LogP contribution in [-0.4, -0.2) is 31.5 Å². The predicted octanol–water partition coefficient (Wildman–Crippen LogP) is 3.85. The lowest BCUT2D eigenvalue weighted by Gasteiger charge is -2.46. The van der Waals surface area contributed by atoms with Gasteiger partial charge < -0.3 is 4.74 Å². The van der Waals surface area contributed by atoms with Crippen molar-refractivity contribution in [1.29, 1.82) is 0 Å². The van der Waals surface area contributed by atoms with Gasteiger partial charge in [-0.25, -0.2) is 8.42 Å². The molecule has 1 saturated heterocycles. The standard InChI is InChI=1S/C21H23NO3S/c1-17-9-11-19(12-10-17)26(23,24)22-15-5-13-21(14-6-16-25-21)20(22)18-7-3-2-4-8-18/h2-4,6-12,14,20H,5,13,15-16H2,1H3/t20-,21+/m0/s1. The highest BCUT2D eigenvalue weighted by Gasteiger charge is 2.50. The number of hydrogen-bond acceptors (Lipinski definition) is 3. The second-order valence-corrected chi connectivity index (χ2v) is 8.90.